The van der Waals surface area contributed by atoms with Crippen LogP contribution in [-0.2, 0) is 6.18 Å². The molecule has 1 aliphatic rings. The van der Waals surface area contributed by atoms with Crippen molar-refractivity contribution in [1.82, 2.24) is 4.90 Å². The predicted octanol–water partition coefficient (Wildman–Crippen LogP) is 6.52. The van der Waals surface area contributed by atoms with Gasteiger partial charge in [0, 0.05) is 17.9 Å². The molecule has 36 heavy (non-hydrogen) atoms. The van der Waals surface area contributed by atoms with Crippen LogP contribution in [0.25, 0.3) is 11.1 Å². The lowest BCUT2D eigenvalue weighted by molar-refractivity contribution is -0.139. The van der Waals surface area contributed by atoms with Gasteiger partial charge in [-0.3, -0.25) is 4.90 Å². The summed E-state index contributed by atoms with van der Waals surface area (Å²) in [5, 5.41) is 11.6. The molecule has 3 aromatic rings. The quantitative estimate of drug-likeness (QED) is 0.379. The Morgan fingerprint density at radius 3 is 2.42 bits per heavy atom. The molecule has 3 aromatic carbocycles. The molecule has 5 nitrogen and oxygen atoms in total. The van der Waals surface area contributed by atoms with Crippen LogP contribution in [0.1, 0.15) is 24.0 Å². The van der Waals surface area contributed by atoms with Crippen LogP contribution in [0, 0.1) is 17.1 Å². The number of hydrogen-bond acceptors (Lipinski definition) is 3. The van der Waals surface area contributed by atoms with Crippen molar-refractivity contribution < 1.29 is 22.4 Å². The zero-order valence-electron chi connectivity index (χ0n) is 19.4. The van der Waals surface area contributed by atoms with Crippen molar-refractivity contribution in [2.45, 2.75) is 19.0 Å². The molecular formula is C27H24F4N4O. The van der Waals surface area contributed by atoms with Crippen molar-refractivity contribution >= 4 is 17.4 Å². The summed E-state index contributed by atoms with van der Waals surface area (Å²) in [5.41, 5.74) is 1.21. The number of rotatable bonds is 7. The highest BCUT2D eigenvalue weighted by molar-refractivity contribution is 6.01. The summed E-state index contributed by atoms with van der Waals surface area (Å²) in [6, 6.07) is 18.2. The number of nitriles is 1. The molecule has 1 fully saturated rings. The lowest BCUT2D eigenvalue weighted by atomic mass is 10.0. The predicted molar refractivity (Wildman–Crippen MR) is 130 cm³/mol. The van der Waals surface area contributed by atoms with Crippen LogP contribution in [0.15, 0.2) is 66.7 Å². The van der Waals surface area contributed by atoms with E-state index in [0.29, 0.717) is 36.3 Å². The van der Waals surface area contributed by atoms with E-state index in [4.69, 9.17) is 5.26 Å². The van der Waals surface area contributed by atoms with Gasteiger partial charge in [-0.2, -0.15) is 18.4 Å². The fourth-order valence-corrected chi connectivity index (χ4v) is 4.02. The Balaban J connectivity index is 1.55. The SMILES string of the molecule is N#Cc1cccc(-c2ccc(N(CCCN3CCC3)C(=O)Nc3ccc(F)c(C(F)(F)F)c3)cc2)c1. The summed E-state index contributed by atoms with van der Waals surface area (Å²) in [5.74, 6) is -1.40. The van der Waals surface area contributed by atoms with Gasteiger partial charge in [0.2, 0.25) is 0 Å². The van der Waals surface area contributed by atoms with Crippen LogP contribution in [0.3, 0.4) is 0 Å². The van der Waals surface area contributed by atoms with Crippen molar-refractivity contribution in [3.05, 3.63) is 83.7 Å². The van der Waals surface area contributed by atoms with Gasteiger partial charge in [-0.15, -0.1) is 0 Å². The molecule has 1 N–H and O–H groups in total. The van der Waals surface area contributed by atoms with E-state index >= 15 is 0 Å². The van der Waals surface area contributed by atoms with Gasteiger partial charge in [-0.05, 0) is 86.1 Å². The molecule has 0 bridgehead atoms. The van der Waals surface area contributed by atoms with Crippen LogP contribution < -0.4 is 10.2 Å². The molecule has 0 spiro atoms. The number of anilines is 2. The Labute approximate surface area is 206 Å². The highest BCUT2D eigenvalue weighted by Gasteiger charge is 2.34. The molecule has 1 saturated heterocycles. The average molecular weight is 497 g/mol. The number of halogens is 4. The molecule has 0 aliphatic carbocycles. The second kappa shape index (κ2) is 10.8. The van der Waals surface area contributed by atoms with E-state index in [2.05, 4.69) is 16.3 Å². The molecule has 1 aliphatic heterocycles. The zero-order chi connectivity index (χ0) is 25.7. The number of nitrogens with zero attached hydrogens (tertiary/aromatic N) is 3. The highest BCUT2D eigenvalue weighted by Crippen LogP contribution is 2.33. The van der Waals surface area contributed by atoms with Gasteiger partial charge in [0.05, 0.1) is 17.2 Å². The van der Waals surface area contributed by atoms with Gasteiger partial charge in [0.25, 0.3) is 0 Å². The maximum Gasteiger partial charge on any atom is 0.419 e. The normalized spacial score (nSPS) is 13.5. The fourth-order valence-electron chi connectivity index (χ4n) is 4.02. The largest absolute Gasteiger partial charge is 0.419 e. The Morgan fingerprint density at radius 2 is 1.78 bits per heavy atom. The third-order valence-corrected chi connectivity index (χ3v) is 6.08. The first-order valence-corrected chi connectivity index (χ1v) is 11.5. The van der Waals surface area contributed by atoms with Gasteiger partial charge in [-0.25, -0.2) is 9.18 Å². The van der Waals surface area contributed by atoms with Gasteiger partial charge < -0.3 is 10.2 Å². The number of carbonyl (C=O) groups excluding carboxylic acids is 1. The third-order valence-electron chi connectivity index (χ3n) is 6.08. The monoisotopic (exact) mass is 496 g/mol. The maximum atomic E-state index is 13.7. The van der Waals surface area contributed by atoms with Crippen molar-refractivity contribution in [2.24, 2.45) is 0 Å². The number of nitrogens with one attached hydrogen (secondary N) is 1. The number of benzene rings is 3. The number of urea groups is 1. The minimum atomic E-state index is -4.87. The smallest absolute Gasteiger partial charge is 0.308 e. The number of alkyl halides is 3. The van der Waals surface area contributed by atoms with Crippen LogP contribution in [0.4, 0.5) is 33.7 Å². The summed E-state index contributed by atoms with van der Waals surface area (Å²) in [6.07, 6.45) is -3.05. The highest BCUT2D eigenvalue weighted by atomic mass is 19.4. The van der Waals surface area contributed by atoms with E-state index in [0.717, 1.165) is 43.2 Å². The van der Waals surface area contributed by atoms with Gasteiger partial charge >= 0.3 is 12.2 Å². The molecule has 4 rings (SSSR count). The zero-order valence-corrected chi connectivity index (χ0v) is 19.4. The molecule has 0 atom stereocenters. The second-order valence-electron chi connectivity index (χ2n) is 8.56. The lowest BCUT2D eigenvalue weighted by Gasteiger charge is -2.31. The van der Waals surface area contributed by atoms with E-state index in [9.17, 15) is 22.4 Å². The Morgan fingerprint density at radius 1 is 1.03 bits per heavy atom. The van der Waals surface area contributed by atoms with Crippen LogP contribution in [0.5, 0.6) is 0 Å². The molecule has 0 unspecified atom stereocenters. The summed E-state index contributed by atoms with van der Waals surface area (Å²) < 4.78 is 53.0. The lowest BCUT2D eigenvalue weighted by Crippen LogP contribution is -2.41. The molecule has 1 heterocycles. The first-order valence-electron chi connectivity index (χ1n) is 11.5. The van der Waals surface area contributed by atoms with E-state index in [-0.39, 0.29) is 5.69 Å². The second-order valence-corrected chi connectivity index (χ2v) is 8.56. The van der Waals surface area contributed by atoms with Crippen molar-refractivity contribution in [3.8, 4) is 17.2 Å². The molecule has 2 amide bonds. The molecule has 186 valence electrons. The third kappa shape index (κ3) is 6.01. The standard InChI is InChI=1S/C27H24F4N4O/c28-25-11-8-22(17-24(25)27(29,30)31)33-26(36)35(15-3-14-34-12-2-13-34)23-9-6-20(7-10-23)21-5-1-4-19(16-21)18-32/h1,4-11,16-17H,2-3,12-15H2,(H,33,36). The van der Waals surface area contributed by atoms with Gasteiger partial charge in [0.1, 0.15) is 5.82 Å². The number of carbonyl (C=O) groups is 1. The molecule has 0 saturated carbocycles. The van der Waals surface area contributed by atoms with Crippen LogP contribution in [0.2, 0.25) is 0 Å². The summed E-state index contributed by atoms with van der Waals surface area (Å²) in [6.45, 7) is 3.17. The summed E-state index contributed by atoms with van der Waals surface area (Å²) in [7, 11) is 0. The van der Waals surface area contributed by atoms with Crippen molar-refractivity contribution in [1.29, 1.82) is 5.26 Å². The van der Waals surface area contributed by atoms with Gasteiger partial charge in [-0.1, -0.05) is 24.3 Å². The maximum absolute atomic E-state index is 13.7. The van der Waals surface area contributed by atoms with Crippen LogP contribution in [-0.4, -0.2) is 37.1 Å². The van der Waals surface area contributed by atoms with Gasteiger partial charge in [0.15, 0.2) is 0 Å². The number of hydrogen-bond donors (Lipinski definition) is 1. The van der Waals surface area contributed by atoms with E-state index in [1.807, 2.05) is 18.2 Å². The van der Waals surface area contributed by atoms with E-state index < -0.39 is 23.6 Å². The Kier molecular flexibility index (Phi) is 7.55. The molecular weight excluding hydrogens is 472 g/mol. The first kappa shape index (κ1) is 25.2. The van der Waals surface area contributed by atoms with E-state index in [1.165, 1.54) is 4.90 Å². The van der Waals surface area contributed by atoms with Crippen molar-refractivity contribution in [3.63, 3.8) is 0 Å². The fraction of sp³-hybridized carbons (Fsp3) is 0.259. The summed E-state index contributed by atoms with van der Waals surface area (Å²) in [4.78, 5) is 16.9. The Bertz CT molecular complexity index is 1260. The first-order chi connectivity index (χ1) is 17.2. The Hall–Kier alpha value is -3.90. The summed E-state index contributed by atoms with van der Waals surface area (Å²) >= 11 is 0. The van der Waals surface area contributed by atoms with Crippen molar-refractivity contribution in [2.75, 3.05) is 36.4 Å². The van der Waals surface area contributed by atoms with E-state index in [1.54, 1.807) is 30.3 Å². The topological polar surface area (TPSA) is 59.4 Å². The average Bonchev–Trinajstić information content (AvgIpc) is 2.83. The molecule has 0 radical (unpaired) electrons. The van der Waals surface area contributed by atoms with Crippen LogP contribution >= 0.6 is 0 Å². The number of likely N-dealkylation sites (tertiary alicyclic amines) is 1. The number of amides is 2. The minimum absolute atomic E-state index is 0.147. The molecule has 0 aromatic heterocycles. The molecule has 9 heteroatoms. The minimum Gasteiger partial charge on any atom is -0.308 e.